The number of carbonyl (C=O) groups is 1. The van der Waals surface area contributed by atoms with Crippen molar-refractivity contribution in [2.45, 2.75) is 18.4 Å². The average Bonchev–Trinajstić information content (AvgIpc) is 2.80. The second-order valence-corrected chi connectivity index (χ2v) is 8.90. The van der Waals surface area contributed by atoms with Crippen molar-refractivity contribution >= 4 is 51.4 Å². The smallest absolute Gasteiger partial charge is 0.250 e. The molecule has 0 radical (unpaired) electrons. The van der Waals surface area contributed by atoms with E-state index >= 15 is 0 Å². The van der Waals surface area contributed by atoms with Crippen LogP contribution in [0.2, 0.25) is 5.02 Å². The summed E-state index contributed by atoms with van der Waals surface area (Å²) in [4.78, 5) is 13.0. The monoisotopic (exact) mass is 532 g/mol. The van der Waals surface area contributed by atoms with Gasteiger partial charge in [-0.3, -0.25) is 4.79 Å². The third-order valence-electron chi connectivity index (χ3n) is 4.18. The Kier molecular flexibility index (Phi) is 9.46. The number of benzene rings is 3. The van der Waals surface area contributed by atoms with Gasteiger partial charge in [-0.25, -0.2) is 5.43 Å². The van der Waals surface area contributed by atoms with Gasteiger partial charge >= 0.3 is 0 Å². The minimum absolute atomic E-state index is 0.204. The number of nitrogens with one attached hydrogen (secondary N) is 1. The lowest BCUT2D eigenvalue weighted by atomic mass is 10.2. The maximum atomic E-state index is 12.1. The van der Waals surface area contributed by atoms with Gasteiger partial charge in [-0.1, -0.05) is 41.9 Å². The van der Waals surface area contributed by atoms with Crippen LogP contribution in [0.15, 0.2) is 81.2 Å². The number of hydrazone groups is 1. The molecule has 3 aromatic carbocycles. The summed E-state index contributed by atoms with van der Waals surface area (Å²) in [7, 11) is 0. The zero-order chi connectivity index (χ0) is 22.8. The molecule has 3 rings (SSSR count). The van der Waals surface area contributed by atoms with Gasteiger partial charge in [0.2, 0.25) is 5.91 Å². The number of hydrogen-bond acceptors (Lipinski definition) is 5. The molecule has 0 saturated heterocycles. The van der Waals surface area contributed by atoms with Crippen molar-refractivity contribution in [2.75, 3.05) is 12.4 Å². The molecular weight excluding hydrogens is 512 g/mol. The van der Waals surface area contributed by atoms with Crippen LogP contribution in [0.4, 0.5) is 0 Å². The Balaban J connectivity index is 1.59. The van der Waals surface area contributed by atoms with Crippen molar-refractivity contribution in [2.24, 2.45) is 5.10 Å². The molecule has 1 amide bonds. The highest BCUT2D eigenvalue weighted by molar-refractivity contribution is 9.10. The molecular formula is C24H22BrClN2O3S. The zero-order valence-electron chi connectivity index (χ0n) is 17.4. The lowest BCUT2D eigenvalue weighted by Gasteiger charge is -2.14. The second-order valence-electron chi connectivity index (χ2n) is 6.56. The fourth-order valence-electron chi connectivity index (χ4n) is 2.65. The Labute approximate surface area is 205 Å². The molecule has 3 aromatic rings. The van der Waals surface area contributed by atoms with Gasteiger partial charge in [-0.2, -0.15) is 5.10 Å². The molecule has 0 aliphatic heterocycles. The fourth-order valence-corrected chi connectivity index (χ4v) is 3.89. The molecule has 0 aliphatic rings. The third-order valence-corrected chi connectivity index (χ3v) is 6.13. The normalized spacial score (nSPS) is 10.8. The lowest BCUT2D eigenvalue weighted by molar-refractivity contribution is -0.118. The third kappa shape index (κ3) is 7.58. The van der Waals surface area contributed by atoms with Crippen LogP contribution in [-0.2, 0) is 11.4 Å². The first-order chi connectivity index (χ1) is 15.5. The van der Waals surface area contributed by atoms with Gasteiger partial charge in [0.15, 0.2) is 11.5 Å². The van der Waals surface area contributed by atoms with Crippen molar-refractivity contribution in [3.63, 3.8) is 0 Å². The maximum absolute atomic E-state index is 12.1. The largest absolute Gasteiger partial charge is 0.490 e. The second kappa shape index (κ2) is 12.5. The van der Waals surface area contributed by atoms with Crippen LogP contribution >= 0.6 is 39.3 Å². The number of thioether (sulfide) groups is 1. The van der Waals surface area contributed by atoms with Gasteiger partial charge in [0.1, 0.15) is 6.61 Å². The van der Waals surface area contributed by atoms with Gasteiger partial charge in [0, 0.05) is 20.0 Å². The van der Waals surface area contributed by atoms with E-state index in [2.05, 4.69) is 26.5 Å². The minimum atomic E-state index is -0.204. The number of hydrogen-bond donors (Lipinski definition) is 1. The van der Waals surface area contributed by atoms with Crippen LogP contribution in [0.3, 0.4) is 0 Å². The van der Waals surface area contributed by atoms with E-state index in [1.54, 1.807) is 18.3 Å². The summed E-state index contributed by atoms with van der Waals surface area (Å²) in [5.41, 5.74) is 4.36. The molecule has 8 heteroatoms. The Morgan fingerprint density at radius 2 is 1.81 bits per heavy atom. The van der Waals surface area contributed by atoms with Crippen LogP contribution in [0.1, 0.15) is 18.1 Å². The molecule has 5 nitrogen and oxygen atoms in total. The van der Waals surface area contributed by atoms with E-state index in [0.29, 0.717) is 29.7 Å². The number of nitrogens with zero attached hydrogens (tertiary/aromatic N) is 1. The summed E-state index contributed by atoms with van der Waals surface area (Å²) in [6, 6.07) is 20.9. The SMILES string of the molecule is CCOc1cc(/C=N\NC(=O)CSc2ccc(Cl)cc2)c(Br)cc1OCc1ccccc1. The topological polar surface area (TPSA) is 59.9 Å². The van der Waals surface area contributed by atoms with Crippen molar-refractivity contribution in [3.05, 3.63) is 87.4 Å². The van der Waals surface area contributed by atoms with E-state index in [0.717, 1.165) is 20.5 Å². The summed E-state index contributed by atoms with van der Waals surface area (Å²) >= 11 is 10.8. The Bertz CT molecular complexity index is 1060. The first-order valence-electron chi connectivity index (χ1n) is 9.88. The lowest BCUT2D eigenvalue weighted by Crippen LogP contribution is -2.19. The molecule has 0 aromatic heterocycles. The molecule has 32 heavy (non-hydrogen) atoms. The Hall–Kier alpha value is -2.48. The van der Waals surface area contributed by atoms with Crippen molar-refractivity contribution < 1.29 is 14.3 Å². The predicted octanol–water partition coefficient (Wildman–Crippen LogP) is 6.32. The molecule has 0 unspecified atom stereocenters. The first kappa shape index (κ1) is 24.2. The predicted molar refractivity (Wildman–Crippen MR) is 134 cm³/mol. The van der Waals surface area contributed by atoms with E-state index in [1.165, 1.54) is 11.8 Å². The quantitative estimate of drug-likeness (QED) is 0.188. The van der Waals surface area contributed by atoms with Crippen LogP contribution in [-0.4, -0.2) is 24.5 Å². The van der Waals surface area contributed by atoms with Gasteiger partial charge in [0.25, 0.3) is 0 Å². The van der Waals surface area contributed by atoms with Crippen molar-refractivity contribution in [1.29, 1.82) is 0 Å². The molecule has 1 N–H and O–H groups in total. The highest BCUT2D eigenvalue weighted by atomic mass is 79.9. The van der Waals surface area contributed by atoms with E-state index in [9.17, 15) is 4.79 Å². The number of ether oxygens (including phenoxy) is 2. The van der Waals surface area contributed by atoms with Gasteiger partial charge in [-0.05, 0) is 64.8 Å². The highest BCUT2D eigenvalue weighted by Gasteiger charge is 2.11. The van der Waals surface area contributed by atoms with Crippen LogP contribution in [0, 0.1) is 0 Å². The molecule has 0 bridgehead atoms. The number of carbonyl (C=O) groups excluding carboxylic acids is 1. The van der Waals surface area contributed by atoms with Crippen LogP contribution in [0.5, 0.6) is 11.5 Å². The van der Waals surface area contributed by atoms with Crippen LogP contribution in [0.25, 0.3) is 0 Å². The van der Waals surface area contributed by atoms with E-state index in [4.69, 9.17) is 21.1 Å². The molecule has 0 heterocycles. The standard InChI is InChI=1S/C24H22BrClN2O3S/c1-2-30-22-12-18(21(25)13-23(22)31-15-17-6-4-3-5-7-17)14-27-28-24(29)16-32-20-10-8-19(26)9-11-20/h3-14H,2,15-16H2,1H3,(H,28,29)/b27-14-. The summed E-state index contributed by atoms with van der Waals surface area (Å²) in [6.45, 7) is 2.84. The number of rotatable bonds is 10. The van der Waals surface area contributed by atoms with Crippen LogP contribution < -0.4 is 14.9 Å². The zero-order valence-corrected chi connectivity index (χ0v) is 20.5. The minimum Gasteiger partial charge on any atom is -0.490 e. The first-order valence-corrected chi connectivity index (χ1v) is 12.0. The average molecular weight is 534 g/mol. The highest BCUT2D eigenvalue weighted by Crippen LogP contribution is 2.33. The molecule has 166 valence electrons. The maximum Gasteiger partial charge on any atom is 0.250 e. The summed E-state index contributed by atoms with van der Waals surface area (Å²) in [5, 5.41) is 4.73. The summed E-state index contributed by atoms with van der Waals surface area (Å²) in [5.74, 6) is 1.28. The molecule has 0 atom stereocenters. The van der Waals surface area contributed by atoms with Gasteiger partial charge in [-0.15, -0.1) is 11.8 Å². The Morgan fingerprint density at radius 3 is 2.53 bits per heavy atom. The number of amides is 1. The molecule has 0 spiro atoms. The van der Waals surface area contributed by atoms with Gasteiger partial charge < -0.3 is 9.47 Å². The van der Waals surface area contributed by atoms with E-state index in [-0.39, 0.29) is 11.7 Å². The van der Waals surface area contributed by atoms with Crippen molar-refractivity contribution in [1.82, 2.24) is 5.43 Å². The summed E-state index contributed by atoms with van der Waals surface area (Å²) in [6.07, 6.45) is 1.57. The molecule has 0 aliphatic carbocycles. The fraction of sp³-hybridized carbons (Fsp3) is 0.167. The van der Waals surface area contributed by atoms with Crippen molar-refractivity contribution in [3.8, 4) is 11.5 Å². The summed E-state index contributed by atoms with van der Waals surface area (Å²) < 4.78 is 12.5. The molecule has 0 saturated carbocycles. The molecule has 0 fully saturated rings. The van der Waals surface area contributed by atoms with E-state index in [1.807, 2.05) is 61.5 Å². The van der Waals surface area contributed by atoms with Gasteiger partial charge in [0.05, 0.1) is 18.6 Å². The number of halogens is 2. The Morgan fingerprint density at radius 1 is 1.09 bits per heavy atom. The van der Waals surface area contributed by atoms with E-state index < -0.39 is 0 Å².